The van der Waals surface area contributed by atoms with Gasteiger partial charge in [-0.1, -0.05) is 0 Å². The monoisotopic (exact) mass is 608 g/mol. The lowest BCUT2D eigenvalue weighted by Gasteiger charge is -2.52. The van der Waals surface area contributed by atoms with Gasteiger partial charge in [-0.05, 0) is 60.9 Å². The number of H-pyrrole nitrogens is 1. The van der Waals surface area contributed by atoms with E-state index in [2.05, 4.69) is 16.0 Å². The van der Waals surface area contributed by atoms with Gasteiger partial charge in [-0.3, -0.25) is 9.69 Å². The average molecular weight is 609 g/mol. The van der Waals surface area contributed by atoms with Crippen molar-refractivity contribution in [2.45, 2.75) is 37.5 Å². The fraction of sp³-hybridized carbons (Fsp3) is 0.515. The van der Waals surface area contributed by atoms with E-state index < -0.39 is 24.1 Å². The van der Waals surface area contributed by atoms with Crippen LogP contribution < -0.4 is 18.9 Å². The summed E-state index contributed by atoms with van der Waals surface area (Å²) in [5, 5.41) is 1.21. The number of carbonyl (C=O) groups excluding carboxylic acids is 2. The summed E-state index contributed by atoms with van der Waals surface area (Å²) in [6.45, 7) is 1.68. The van der Waals surface area contributed by atoms with E-state index in [0.717, 1.165) is 37.2 Å². The number of ether oxygens (including phenoxy) is 7. The number of hydrogen-bond donors (Lipinski definition) is 1. The maximum Gasteiger partial charge on any atom is 0.338 e. The average Bonchev–Trinajstić information content (AvgIpc) is 3.43. The van der Waals surface area contributed by atoms with Crippen molar-refractivity contribution in [3.8, 4) is 23.0 Å². The molecule has 3 heterocycles. The predicted molar refractivity (Wildman–Crippen MR) is 161 cm³/mol. The van der Waals surface area contributed by atoms with Crippen molar-refractivity contribution in [3.63, 3.8) is 0 Å². The maximum absolute atomic E-state index is 13.5. The van der Waals surface area contributed by atoms with Crippen molar-refractivity contribution in [1.29, 1.82) is 0 Å². The summed E-state index contributed by atoms with van der Waals surface area (Å²) in [4.78, 5) is 33.1. The van der Waals surface area contributed by atoms with Gasteiger partial charge in [0.15, 0.2) is 11.5 Å². The first-order valence-electron chi connectivity index (χ1n) is 14.9. The third kappa shape index (κ3) is 5.01. The van der Waals surface area contributed by atoms with E-state index in [1.807, 2.05) is 12.1 Å². The number of rotatable bonds is 8. The second-order valence-corrected chi connectivity index (χ2v) is 11.7. The number of aromatic amines is 1. The van der Waals surface area contributed by atoms with Gasteiger partial charge in [0.25, 0.3) is 0 Å². The van der Waals surface area contributed by atoms with Gasteiger partial charge in [0, 0.05) is 42.9 Å². The van der Waals surface area contributed by atoms with Crippen LogP contribution in [0.2, 0.25) is 0 Å². The minimum atomic E-state index is -0.670. The molecule has 1 saturated carbocycles. The Labute approximate surface area is 256 Å². The third-order valence-electron chi connectivity index (χ3n) is 9.76. The predicted octanol–water partition coefficient (Wildman–Crippen LogP) is 4.17. The van der Waals surface area contributed by atoms with Crippen LogP contribution in [0.1, 0.15) is 40.5 Å². The van der Waals surface area contributed by atoms with Crippen LogP contribution in [-0.2, 0) is 25.4 Å². The first kappa shape index (κ1) is 30.1. The highest BCUT2D eigenvalue weighted by Crippen LogP contribution is 2.51. The highest BCUT2D eigenvalue weighted by atomic mass is 16.6. The van der Waals surface area contributed by atoms with Crippen molar-refractivity contribution in [2.24, 2.45) is 17.8 Å². The highest BCUT2D eigenvalue weighted by molar-refractivity contribution is 5.91. The Hall–Kier alpha value is -3.96. The van der Waals surface area contributed by atoms with Gasteiger partial charge >= 0.3 is 11.9 Å². The standard InChI is InChI=1S/C33H40N2O9/c1-38-19-7-8-20-21-9-10-35-16-18-13-27(44-32(36)17-11-25(39-2)30(41-4)26(12-17)40-3)31(42-5)28(33(37)43-6)22(18)15-24(35)29(21)34-23(20)14-19/h7-8,11-12,14,18,22,24,27-28,31,34H,9-10,13,15-16H2,1-6H3/t18-,22-,24-,27+,28-,31-/m1/s1. The van der Waals surface area contributed by atoms with Crippen molar-refractivity contribution in [3.05, 3.63) is 47.2 Å². The Morgan fingerprint density at radius 1 is 0.909 bits per heavy atom. The topological polar surface area (TPSA) is 118 Å². The number of hydrogen-bond acceptors (Lipinski definition) is 10. The van der Waals surface area contributed by atoms with Crippen LogP contribution >= 0.6 is 0 Å². The SMILES string of the molecule is COC(=O)[C@@H]1[C@@H]2C[C@@H]3c4[nH]c5cc(OC)ccc5c4CCN3C[C@H]2C[C@H](OC(=O)c2cc(OC)c(OC)c(OC)c2)[C@H]1OC. The molecule has 2 aliphatic heterocycles. The van der Waals surface area contributed by atoms with Crippen LogP contribution in [0.4, 0.5) is 0 Å². The molecule has 1 N–H and O–H groups in total. The highest BCUT2D eigenvalue weighted by Gasteiger charge is 2.54. The minimum Gasteiger partial charge on any atom is -0.497 e. The summed E-state index contributed by atoms with van der Waals surface area (Å²) in [6.07, 6.45) is 0.920. The van der Waals surface area contributed by atoms with Crippen LogP contribution in [0.25, 0.3) is 10.9 Å². The van der Waals surface area contributed by atoms with Crippen molar-refractivity contribution in [1.82, 2.24) is 9.88 Å². The number of aromatic nitrogens is 1. The summed E-state index contributed by atoms with van der Waals surface area (Å²) < 4.78 is 39.1. The second-order valence-electron chi connectivity index (χ2n) is 11.7. The van der Waals surface area contributed by atoms with Gasteiger partial charge in [0.1, 0.15) is 18.0 Å². The van der Waals surface area contributed by atoms with Gasteiger partial charge in [0.05, 0.1) is 53.1 Å². The summed E-state index contributed by atoms with van der Waals surface area (Å²) in [5.74, 6) is 0.441. The fourth-order valence-electron chi connectivity index (χ4n) is 7.76. The largest absolute Gasteiger partial charge is 0.497 e. The number of esters is 2. The van der Waals surface area contributed by atoms with E-state index in [0.29, 0.717) is 23.7 Å². The molecule has 6 atom stereocenters. The molecular formula is C33H40N2O9. The first-order chi connectivity index (χ1) is 21.3. The zero-order chi connectivity index (χ0) is 31.1. The lowest BCUT2D eigenvalue weighted by molar-refractivity contribution is -0.176. The number of methoxy groups -OCH3 is 6. The molecule has 2 aromatic carbocycles. The Morgan fingerprint density at radius 3 is 2.30 bits per heavy atom. The summed E-state index contributed by atoms with van der Waals surface area (Å²) >= 11 is 0. The minimum absolute atomic E-state index is 0.0170. The molecular weight excluding hydrogens is 568 g/mol. The first-order valence-corrected chi connectivity index (χ1v) is 14.9. The number of fused-ring (bicyclic) bond motifs is 6. The summed E-state index contributed by atoms with van der Waals surface area (Å²) in [5.41, 5.74) is 3.83. The Balaban J connectivity index is 1.29. The molecule has 1 aliphatic carbocycles. The van der Waals surface area contributed by atoms with Crippen molar-refractivity contribution >= 4 is 22.8 Å². The number of nitrogens with zero attached hydrogens (tertiary/aromatic N) is 1. The van der Waals surface area contributed by atoms with Gasteiger partial charge < -0.3 is 38.1 Å². The normalized spacial score (nSPS) is 26.1. The maximum atomic E-state index is 13.5. The van der Waals surface area contributed by atoms with E-state index in [-0.39, 0.29) is 29.4 Å². The van der Waals surface area contributed by atoms with E-state index in [9.17, 15) is 9.59 Å². The zero-order valence-corrected chi connectivity index (χ0v) is 26.0. The van der Waals surface area contributed by atoms with Crippen LogP contribution in [0, 0.1) is 17.8 Å². The Kier molecular flexibility index (Phi) is 8.34. The van der Waals surface area contributed by atoms with Gasteiger partial charge in [0.2, 0.25) is 5.75 Å². The van der Waals surface area contributed by atoms with Crippen LogP contribution in [0.5, 0.6) is 23.0 Å². The number of piperidine rings is 1. The molecule has 11 nitrogen and oxygen atoms in total. The summed E-state index contributed by atoms with van der Waals surface area (Å²) in [6, 6.07) is 9.40. The zero-order valence-electron chi connectivity index (χ0n) is 26.0. The van der Waals surface area contributed by atoms with Gasteiger partial charge in [-0.15, -0.1) is 0 Å². The van der Waals surface area contributed by atoms with Gasteiger partial charge in [-0.25, -0.2) is 4.79 Å². The van der Waals surface area contributed by atoms with Crippen molar-refractivity contribution in [2.75, 3.05) is 55.7 Å². The molecule has 11 heteroatoms. The van der Waals surface area contributed by atoms with E-state index in [4.69, 9.17) is 33.2 Å². The van der Waals surface area contributed by atoms with E-state index in [1.54, 1.807) is 26.4 Å². The Morgan fingerprint density at radius 2 is 1.66 bits per heavy atom. The van der Waals surface area contributed by atoms with Crippen LogP contribution in [-0.4, -0.2) is 89.8 Å². The Bertz CT molecular complexity index is 1530. The summed E-state index contributed by atoms with van der Waals surface area (Å²) in [7, 11) is 9.10. The molecule has 0 radical (unpaired) electrons. The van der Waals surface area contributed by atoms with Crippen LogP contribution in [0.3, 0.4) is 0 Å². The van der Waals surface area contributed by atoms with E-state index >= 15 is 0 Å². The lowest BCUT2D eigenvalue weighted by atomic mass is 9.63. The number of carbonyl (C=O) groups is 2. The molecule has 0 unspecified atom stereocenters. The third-order valence-corrected chi connectivity index (χ3v) is 9.76. The van der Waals surface area contributed by atoms with Crippen molar-refractivity contribution < 1.29 is 42.7 Å². The lowest BCUT2D eigenvalue weighted by Crippen LogP contribution is -2.58. The molecule has 0 spiro atoms. The molecule has 3 aliphatic rings. The quantitative estimate of drug-likeness (QED) is 0.374. The fourth-order valence-corrected chi connectivity index (χ4v) is 7.76. The molecule has 1 aromatic heterocycles. The molecule has 236 valence electrons. The number of nitrogens with one attached hydrogen (secondary N) is 1. The van der Waals surface area contributed by atoms with E-state index in [1.165, 1.54) is 45.1 Å². The smallest absolute Gasteiger partial charge is 0.338 e. The second kappa shape index (κ2) is 12.2. The molecule has 1 saturated heterocycles. The molecule has 44 heavy (non-hydrogen) atoms. The number of benzene rings is 2. The molecule has 2 fully saturated rings. The molecule has 0 bridgehead atoms. The van der Waals surface area contributed by atoms with Gasteiger partial charge in [-0.2, -0.15) is 0 Å². The molecule has 3 aromatic rings. The molecule has 0 amide bonds. The van der Waals surface area contributed by atoms with Crippen LogP contribution in [0.15, 0.2) is 30.3 Å². The molecule has 6 rings (SSSR count).